The number of rotatable bonds is 3. The molecule has 1 rings (SSSR count). The van der Waals surface area contributed by atoms with E-state index >= 15 is 0 Å². The molecule has 2 heteroatoms. The van der Waals surface area contributed by atoms with Crippen molar-refractivity contribution in [2.24, 2.45) is 5.10 Å². The summed E-state index contributed by atoms with van der Waals surface area (Å²) in [5.74, 6) is 0. The average molecular weight is 152 g/mol. The summed E-state index contributed by atoms with van der Waals surface area (Å²) in [5, 5.41) is 6.41. The van der Waals surface area contributed by atoms with E-state index in [1.807, 2.05) is 6.21 Å². The second kappa shape index (κ2) is 4.16. The van der Waals surface area contributed by atoms with Crippen molar-refractivity contribution in [3.05, 3.63) is 12.2 Å². The topological polar surface area (TPSA) is 15.6 Å². The van der Waals surface area contributed by atoms with Crippen LogP contribution in [0.4, 0.5) is 0 Å². The Morgan fingerprint density at radius 2 is 2.18 bits per heavy atom. The predicted octanol–water partition coefficient (Wildman–Crippen LogP) is 2.03. The molecule has 0 aromatic heterocycles. The van der Waals surface area contributed by atoms with Gasteiger partial charge in [0.25, 0.3) is 0 Å². The van der Waals surface area contributed by atoms with Crippen molar-refractivity contribution in [3.63, 3.8) is 0 Å². The molecule has 0 atom stereocenters. The first-order chi connectivity index (χ1) is 5.33. The Balaban J connectivity index is 2.27. The Bertz CT molecular complexity index is 155. The molecule has 62 valence electrons. The molecule has 1 aliphatic rings. The smallest absolute Gasteiger partial charge is 0.0496 e. The van der Waals surface area contributed by atoms with E-state index in [0.717, 1.165) is 25.1 Å². The summed E-state index contributed by atoms with van der Waals surface area (Å²) in [4.78, 5) is 0. The molecule has 1 saturated heterocycles. The third-order valence-corrected chi connectivity index (χ3v) is 1.94. The monoisotopic (exact) mass is 152 g/mol. The van der Waals surface area contributed by atoms with Gasteiger partial charge in [0.1, 0.15) is 0 Å². The van der Waals surface area contributed by atoms with Gasteiger partial charge in [0, 0.05) is 19.3 Å². The van der Waals surface area contributed by atoms with Gasteiger partial charge in [0.15, 0.2) is 0 Å². The molecule has 0 unspecified atom stereocenters. The van der Waals surface area contributed by atoms with Gasteiger partial charge in [-0.3, -0.25) is 5.01 Å². The van der Waals surface area contributed by atoms with Gasteiger partial charge in [-0.15, -0.1) is 0 Å². The molecule has 0 N–H and O–H groups in total. The summed E-state index contributed by atoms with van der Waals surface area (Å²) in [5.41, 5.74) is 1.11. The number of nitrogens with zero attached hydrogens (tertiary/aromatic N) is 2. The summed E-state index contributed by atoms with van der Waals surface area (Å²) in [7, 11) is 0. The van der Waals surface area contributed by atoms with Crippen LogP contribution < -0.4 is 0 Å². The van der Waals surface area contributed by atoms with Gasteiger partial charge in [-0.1, -0.05) is 13.5 Å². The quantitative estimate of drug-likeness (QED) is 0.565. The Morgan fingerprint density at radius 1 is 1.55 bits per heavy atom. The van der Waals surface area contributed by atoms with Gasteiger partial charge in [-0.25, -0.2) is 0 Å². The summed E-state index contributed by atoms with van der Waals surface area (Å²) < 4.78 is 0. The summed E-state index contributed by atoms with van der Waals surface area (Å²) in [6.45, 7) is 8.19. The molecule has 1 heterocycles. The predicted molar refractivity (Wildman–Crippen MR) is 48.7 cm³/mol. The third-order valence-electron chi connectivity index (χ3n) is 1.94. The van der Waals surface area contributed by atoms with Crippen LogP contribution in [0.5, 0.6) is 0 Å². The summed E-state index contributed by atoms with van der Waals surface area (Å²) >= 11 is 0. The lowest BCUT2D eigenvalue weighted by molar-refractivity contribution is 0.362. The van der Waals surface area contributed by atoms with E-state index in [1.165, 1.54) is 12.8 Å². The molecule has 0 spiro atoms. The molecule has 0 aliphatic carbocycles. The van der Waals surface area contributed by atoms with E-state index in [4.69, 9.17) is 0 Å². The number of hydrazone groups is 1. The molecule has 2 nitrogen and oxygen atoms in total. The van der Waals surface area contributed by atoms with Crippen molar-refractivity contribution >= 4 is 6.21 Å². The van der Waals surface area contributed by atoms with Gasteiger partial charge in [0.05, 0.1) is 0 Å². The average Bonchev–Trinajstić information content (AvgIpc) is 2.52. The van der Waals surface area contributed by atoms with Crippen LogP contribution in [0.1, 0.15) is 26.2 Å². The first-order valence-corrected chi connectivity index (χ1v) is 4.29. The van der Waals surface area contributed by atoms with E-state index in [-0.39, 0.29) is 0 Å². The second-order valence-corrected chi connectivity index (χ2v) is 2.92. The molecule has 0 amide bonds. The lowest BCUT2D eigenvalue weighted by Gasteiger charge is -2.08. The minimum absolute atomic E-state index is 0.997. The molecule has 0 bridgehead atoms. The van der Waals surface area contributed by atoms with Gasteiger partial charge in [-0.05, 0) is 24.8 Å². The highest BCUT2D eigenvalue weighted by atomic mass is 15.5. The van der Waals surface area contributed by atoms with Gasteiger partial charge >= 0.3 is 0 Å². The number of hydrogen-bond donors (Lipinski definition) is 0. The highest BCUT2D eigenvalue weighted by molar-refractivity contribution is 5.77. The highest BCUT2D eigenvalue weighted by Gasteiger charge is 2.06. The fourth-order valence-electron chi connectivity index (χ4n) is 1.07. The highest BCUT2D eigenvalue weighted by Crippen LogP contribution is 2.07. The SMILES string of the molecule is C=C(/C=N/N1CCCC1)CC. The van der Waals surface area contributed by atoms with Crippen molar-refractivity contribution < 1.29 is 0 Å². The van der Waals surface area contributed by atoms with Gasteiger partial charge < -0.3 is 0 Å². The maximum atomic E-state index is 4.30. The maximum absolute atomic E-state index is 4.30. The number of hydrogen-bond acceptors (Lipinski definition) is 2. The van der Waals surface area contributed by atoms with Gasteiger partial charge in [-0.2, -0.15) is 5.10 Å². The zero-order chi connectivity index (χ0) is 8.10. The van der Waals surface area contributed by atoms with E-state index in [0.29, 0.717) is 0 Å². The van der Waals surface area contributed by atoms with E-state index in [1.54, 1.807) is 0 Å². The first-order valence-electron chi connectivity index (χ1n) is 4.29. The minimum atomic E-state index is 0.997. The van der Waals surface area contributed by atoms with E-state index in [9.17, 15) is 0 Å². The number of allylic oxidation sites excluding steroid dienone is 1. The molecule has 0 radical (unpaired) electrons. The second-order valence-electron chi connectivity index (χ2n) is 2.92. The molecule has 0 aromatic carbocycles. The van der Waals surface area contributed by atoms with Crippen LogP contribution in [0.25, 0.3) is 0 Å². The maximum Gasteiger partial charge on any atom is 0.0496 e. The van der Waals surface area contributed by atoms with Crippen LogP contribution in [0, 0.1) is 0 Å². The van der Waals surface area contributed by atoms with Crippen molar-refractivity contribution in [2.45, 2.75) is 26.2 Å². The van der Waals surface area contributed by atoms with E-state index in [2.05, 4.69) is 23.6 Å². The normalized spacial score (nSPS) is 18.1. The van der Waals surface area contributed by atoms with E-state index < -0.39 is 0 Å². The summed E-state index contributed by atoms with van der Waals surface area (Å²) in [6, 6.07) is 0. The minimum Gasteiger partial charge on any atom is -0.297 e. The van der Waals surface area contributed by atoms with Crippen LogP contribution in [0.2, 0.25) is 0 Å². The third kappa shape index (κ3) is 2.74. The standard InChI is InChI=1S/C9H16N2/c1-3-9(2)8-10-11-6-4-5-7-11/h8H,2-7H2,1H3/b10-8+. The first kappa shape index (κ1) is 8.31. The van der Waals surface area contributed by atoms with Crippen LogP contribution in [-0.4, -0.2) is 24.3 Å². The molecule has 0 saturated carbocycles. The van der Waals surface area contributed by atoms with Gasteiger partial charge in [0.2, 0.25) is 0 Å². The Labute approximate surface area is 68.6 Å². The Hall–Kier alpha value is -0.790. The van der Waals surface area contributed by atoms with Crippen LogP contribution >= 0.6 is 0 Å². The molecule has 0 aromatic rings. The molecular weight excluding hydrogens is 136 g/mol. The fraction of sp³-hybridized carbons (Fsp3) is 0.667. The van der Waals surface area contributed by atoms with Crippen molar-refractivity contribution in [1.82, 2.24) is 5.01 Å². The lowest BCUT2D eigenvalue weighted by atomic mass is 10.3. The Kier molecular flexibility index (Phi) is 3.14. The van der Waals surface area contributed by atoms with Crippen LogP contribution in [0.3, 0.4) is 0 Å². The fourth-order valence-corrected chi connectivity index (χ4v) is 1.07. The lowest BCUT2D eigenvalue weighted by Crippen LogP contribution is -2.11. The summed E-state index contributed by atoms with van der Waals surface area (Å²) in [6.07, 6.45) is 5.45. The van der Waals surface area contributed by atoms with Crippen molar-refractivity contribution in [1.29, 1.82) is 0 Å². The Morgan fingerprint density at radius 3 is 2.73 bits per heavy atom. The zero-order valence-electron chi connectivity index (χ0n) is 7.21. The van der Waals surface area contributed by atoms with Crippen LogP contribution in [0.15, 0.2) is 17.3 Å². The molecule has 11 heavy (non-hydrogen) atoms. The van der Waals surface area contributed by atoms with Crippen molar-refractivity contribution in [3.8, 4) is 0 Å². The zero-order valence-corrected chi connectivity index (χ0v) is 7.21. The molecule has 1 fully saturated rings. The van der Waals surface area contributed by atoms with Crippen LogP contribution in [-0.2, 0) is 0 Å². The molecular formula is C9H16N2. The molecule has 1 aliphatic heterocycles. The largest absolute Gasteiger partial charge is 0.297 e. The van der Waals surface area contributed by atoms with Crippen molar-refractivity contribution in [2.75, 3.05) is 13.1 Å².